The minimum Gasteiger partial charge on any atom is -0.0950 e. The number of allylic oxidation sites excluding steroid dienone is 1. The van der Waals surface area contributed by atoms with Gasteiger partial charge in [0.25, 0.3) is 0 Å². The van der Waals surface area contributed by atoms with Crippen molar-refractivity contribution < 1.29 is 0 Å². The van der Waals surface area contributed by atoms with Crippen molar-refractivity contribution in [1.29, 1.82) is 0 Å². The summed E-state index contributed by atoms with van der Waals surface area (Å²) in [5, 5.41) is 0. The van der Waals surface area contributed by atoms with E-state index in [1.54, 1.807) is 0 Å². The standard InChI is InChI=1S/C14H20Si/c1-11(12-8-6-5-7-9-12)13-10-14(13)15(2,3)4/h5-9,13-14H,1,10H2,2-4H3/t13-,14-/m1/s1. The summed E-state index contributed by atoms with van der Waals surface area (Å²) >= 11 is 0. The first-order valence-corrected chi connectivity index (χ1v) is 9.32. The van der Waals surface area contributed by atoms with Gasteiger partial charge in [-0.05, 0) is 29.0 Å². The molecule has 0 saturated heterocycles. The Morgan fingerprint density at radius 1 is 1.20 bits per heavy atom. The van der Waals surface area contributed by atoms with Gasteiger partial charge in [0.1, 0.15) is 0 Å². The first-order valence-electron chi connectivity index (χ1n) is 5.74. The van der Waals surface area contributed by atoms with E-state index in [9.17, 15) is 0 Å². The molecular formula is C14H20Si. The minimum absolute atomic E-state index is 0.777. The average molecular weight is 216 g/mol. The lowest BCUT2D eigenvalue weighted by atomic mass is 10.0. The van der Waals surface area contributed by atoms with Gasteiger partial charge in [-0.15, -0.1) is 0 Å². The average Bonchev–Trinajstić information content (AvgIpc) is 2.97. The molecule has 0 amide bonds. The number of hydrogen-bond donors (Lipinski definition) is 0. The molecule has 2 rings (SSSR count). The number of benzene rings is 1. The van der Waals surface area contributed by atoms with Gasteiger partial charge in [-0.1, -0.05) is 56.6 Å². The first kappa shape index (κ1) is 10.7. The van der Waals surface area contributed by atoms with Crippen molar-refractivity contribution in [2.45, 2.75) is 31.6 Å². The third kappa shape index (κ3) is 2.23. The molecule has 0 heterocycles. The minimum atomic E-state index is -0.943. The maximum Gasteiger partial charge on any atom is 0.0480 e. The molecule has 1 heteroatoms. The van der Waals surface area contributed by atoms with Crippen LogP contribution in [-0.4, -0.2) is 8.07 Å². The van der Waals surface area contributed by atoms with E-state index in [1.165, 1.54) is 17.6 Å². The van der Waals surface area contributed by atoms with E-state index in [0.717, 1.165) is 11.5 Å². The topological polar surface area (TPSA) is 0 Å². The van der Waals surface area contributed by atoms with Crippen molar-refractivity contribution in [3.05, 3.63) is 42.5 Å². The lowest BCUT2D eigenvalue weighted by Crippen LogP contribution is -2.20. The van der Waals surface area contributed by atoms with Crippen LogP contribution in [0, 0.1) is 5.92 Å². The van der Waals surface area contributed by atoms with Gasteiger partial charge < -0.3 is 0 Å². The van der Waals surface area contributed by atoms with Crippen LogP contribution in [0.1, 0.15) is 12.0 Å². The smallest absolute Gasteiger partial charge is 0.0480 e. The summed E-state index contributed by atoms with van der Waals surface area (Å²) in [6.45, 7) is 11.7. The van der Waals surface area contributed by atoms with E-state index in [0.29, 0.717) is 0 Å². The van der Waals surface area contributed by atoms with Gasteiger partial charge in [-0.3, -0.25) is 0 Å². The van der Waals surface area contributed by atoms with Crippen LogP contribution in [0.4, 0.5) is 0 Å². The summed E-state index contributed by atoms with van der Waals surface area (Å²) in [7, 11) is -0.943. The largest absolute Gasteiger partial charge is 0.0950 e. The Balaban J connectivity index is 2.07. The van der Waals surface area contributed by atoms with Gasteiger partial charge in [-0.25, -0.2) is 0 Å². The molecule has 2 atom stereocenters. The zero-order valence-corrected chi connectivity index (χ0v) is 11.0. The fourth-order valence-electron chi connectivity index (χ4n) is 2.40. The summed E-state index contributed by atoms with van der Waals surface area (Å²) in [5.41, 5.74) is 3.66. The molecule has 0 bridgehead atoms. The van der Waals surface area contributed by atoms with E-state index in [-0.39, 0.29) is 0 Å². The summed E-state index contributed by atoms with van der Waals surface area (Å²) in [6, 6.07) is 10.6. The van der Waals surface area contributed by atoms with Crippen LogP contribution in [0.25, 0.3) is 5.57 Å². The van der Waals surface area contributed by atoms with E-state index in [1.807, 2.05) is 0 Å². The van der Waals surface area contributed by atoms with Crippen molar-refractivity contribution in [2.24, 2.45) is 5.92 Å². The van der Waals surface area contributed by atoms with Crippen LogP contribution in [0.3, 0.4) is 0 Å². The molecule has 1 aromatic rings. The fourth-order valence-corrected chi connectivity index (χ4v) is 4.77. The molecule has 0 radical (unpaired) electrons. The third-order valence-electron chi connectivity index (χ3n) is 3.49. The molecule has 1 fully saturated rings. The number of rotatable bonds is 3. The van der Waals surface area contributed by atoms with Crippen molar-refractivity contribution >= 4 is 13.6 Å². The Kier molecular flexibility index (Phi) is 2.59. The second kappa shape index (κ2) is 3.64. The van der Waals surface area contributed by atoms with Crippen LogP contribution in [0.15, 0.2) is 36.9 Å². The molecular weight excluding hydrogens is 196 g/mol. The summed E-state index contributed by atoms with van der Waals surface area (Å²) in [6.07, 6.45) is 1.38. The SMILES string of the molecule is C=C(c1ccccc1)[C@H]1C[C@H]1[Si](C)(C)C. The van der Waals surface area contributed by atoms with Crippen molar-refractivity contribution in [2.75, 3.05) is 0 Å². The molecule has 80 valence electrons. The van der Waals surface area contributed by atoms with Crippen LogP contribution >= 0.6 is 0 Å². The maximum absolute atomic E-state index is 4.27. The highest BCUT2D eigenvalue weighted by molar-refractivity contribution is 6.78. The molecule has 1 aromatic carbocycles. The van der Waals surface area contributed by atoms with Crippen LogP contribution in [0.2, 0.25) is 25.2 Å². The Labute approximate surface area is 94.0 Å². The number of hydrogen-bond acceptors (Lipinski definition) is 0. The van der Waals surface area contributed by atoms with Gasteiger partial charge in [0, 0.05) is 8.07 Å². The monoisotopic (exact) mass is 216 g/mol. The van der Waals surface area contributed by atoms with Gasteiger partial charge >= 0.3 is 0 Å². The molecule has 15 heavy (non-hydrogen) atoms. The lowest BCUT2D eigenvalue weighted by Gasteiger charge is -2.16. The van der Waals surface area contributed by atoms with Gasteiger partial charge in [0.05, 0.1) is 0 Å². The van der Waals surface area contributed by atoms with Crippen LogP contribution in [0.5, 0.6) is 0 Å². The first-order chi connectivity index (χ1) is 7.00. The van der Waals surface area contributed by atoms with Crippen LogP contribution in [-0.2, 0) is 0 Å². The third-order valence-corrected chi connectivity index (χ3v) is 6.36. The maximum atomic E-state index is 4.27. The quantitative estimate of drug-likeness (QED) is 0.656. The second-order valence-corrected chi connectivity index (χ2v) is 11.2. The lowest BCUT2D eigenvalue weighted by molar-refractivity contribution is 1.13. The molecule has 0 aliphatic heterocycles. The highest BCUT2D eigenvalue weighted by Gasteiger charge is 2.47. The molecule has 1 saturated carbocycles. The van der Waals surface area contributed by atoms with E-state index >= 15 is 0 Å². The Bertz CT molecular complexity index is 359. The molecule has 0 spiro atoms. The predicted octanol–water partition coefficient (Wildman–Crippen LogP) is 4.43. The molecule has 0 unspecified atom stereocenters. The highest BCUT2D eigenvalue weighted by atomic mass is 28.3. The van der Waals surface area contributed by atoms with Gasteiger partial charge in [0.2, 0.25) is 0 Å². The van der Waals surface area contributed by atoms with Crippen molar-refractivity contribution in [1.82, 2.24) is 0 Å². The summed E-state index contributed by atoms with van der Waals surface area (Å²) in [4.78, 5) is 0. The van der Waals surface area contributed by atoms with E-state index in [4.69, 9.17) is 0 Å². The normalized spacial score (nSPS) is 25.0. The fraction of sp³-hybridized carbons (Fsp3) is 0.429. The molecule has 0 aromatic heterocycles. The van der Waals surface area contributed by atoms with Gasteiger partial charge in [-0.2, -0.15) is 0 Å². The van der Waals surface area contributed by atoms with Crippen molar-refractivity contribution in [3.63, 3.8) is 0 Å². The zero-order valence-electron chi connectivity index (χ0n) is 9.96. The summed E-state index contributed by atoms with van der Waals surface area (Å²) < 4.78 is 0. The molecule has 0 N–H and O–H groups in total. The Hall–Kier alpha value is -0.823. The Morgan fingerprint density at radius 3 is 2.27 bits per heavy atom. The van der Waals surface area contributed by atoms with Crippen LogP contribution < -0.4 is 0 Å². The molecule has 1 aliphatic rings. The highest BCUT2D eigenvalue weighted by Crippen LogP contribution is 2.57. The Morgan fingerprint density at radius 2 is 1.80 bits per heavy atom. The van der Waals surface area contributed by atoms with E-state index in [2.05, 4.69) is 56.6 Å². The van der Waals surface area contributed by atoms with Gasteiger partial charge in [0.15, 0.2) is 0 Å². The van der Waals surface area contributed by atoms with E-state index < -0.39 is 8.07 Å². The molecule has 0 nitrogen and oxygen atoms in total. The zero-order chi connectivity index (χ0) is 11.1. The second-order valence-electron chi connectivity index (χ2n) is 5.71. The molecule has 1 aliphatic carbocycles. The summed E-state index contributed by atoms with van der Waals surface area (Å²) in [5.74, 6) is 0.777. The van der Waals surface area contributed by atoms with Crippen molar-refractivity contribution in [3.8, 4) is 0 Å². The predicted molar refractivity (Wildman–Crippen MR) is 70.7 cm³/mol.